The second kappa shape index (κ2) is 5.50. The van der Waals surface area contributed by atoms with Gasteiger partial charge in [0.25, 0.3) is 0 Å². The molecule has 2 aliphatic rings. The Morgan fingerprint density at radius 3 is 2.25 bits per heavy atom. The van der Waals surface area contributed by atoms with Crippen molar-refractivity contribution in [3.05, 3.63) is 0 Å². The summed E-state index contributed by atoms with van der Waals surface area (Å²) in [6, 6.07) is 0. The molecule has 2 rings (SSSR count). The molecule has 1 saturated heterocycles. The zero-order valence-corrected chi connectivity index (χ0v) is 10.7. The third-order valence-corrected chi connectivity index (χ3v) is 4.87. The van der Waals surface area contributed by atoms with E-state index in [1.165, 1.54) is 19.3 Å². The fourth-order valence-corrected chi connectivity index (χ4v) is 3.34. The number of aliphatic hydroxyl groups is 1. The van der Waals surface area contributed by atoms with E-state index in [1.54, 1.807) is 0 Å². The summed E-state index contributed by atoms with van der Waals surface area (Å²) in [7, 11) is 0. The van der Waals surface area contributed by atoms with Gasteiger partial charge in [-0.1, -0.05) is 20.3 Å². The molecule has 0 spiro atoms. The van der Waals surface area contributed by atoms with Crippen LogP contribution in [0.2, 0.25) is 0 Å². The van der Waals surface area contributed by atoms with Crippen LogP contribution in [0.25, 0.3) is 0 Å². The number of hydrogen-bond donors (Lipinski definition) is 1. The van der Waals surface area contributed by atoms with Gasteiger partial charge in [-0.25, -0.2) is 0 Å². The molecule has 1 aliphatic carbocycles. The Labute approximate surface area is 99.4 Å². The number of ether oxygens (including phenoxy) is 1. The number of aliphatic hydroxyl groups excluding tert-OH is 1. The van der Waals surface area contributed by atoms with Crippen LogP contribution in [0.15, 0.2) is 0 Å². The summed E-state index contributed by atoms with van der Waals surface area (Å²) in [6.07, 6.45) is 5.79. The summed E-state index contributed by atoms with van der Waals surface area (Å²) in [6.45, 7) is 6.38. The van der Waals surface area contributed by atoms with Crippen molar-refractivity contribution in [2.45, 2.75) is 52.1 Å². The summed E-state index contributed by atoms with van der Waals surface area (Å²) < 4.78 is 5.36. The molecule has 1 saturated carbocycles. The maximum Gasteiger partial charge on any atom is 0.0598 e. The van der Waals surface area contributed by atoms with Crippen LogP contribution < -0.4 is 0 Å². The first-order chi connectivity index (χ1) is 7.68. The predicted molar refractivity (Wildman–Crippen MR) is 65.2 cm³/mol. The van der Waals surface area contributed by atoms with Gasteiger partial charge in [-0.3, -0.25) is 0 Å². The van der Waals surface area contributed by atoms with E-state index in [0.29, 0.717) is 11.8 Å². The number of hydrogen-bond acceptors (Lipinski definition) is 2. The monoisotopic (exact) mass is 226 g/mol. The average molecular weight is 226 g/mol. The van der Waals surface area contributed by atoms with Gasteiger partial charge in [0.2, 0.25) is 0 Å². The van der Waals surface area contributed by atoms with Gasteiger partial charge in [0.05, 0.1) is 6.10 Å². The predicted octanol–water partition coefficient (Wildman–Crippen LogP) is 2.85. The molecule has 0 bridgehead atoms. The van der Waals surface area contributed by atoms with E-state index >= 15 is 0 Å². The maximum absolute atomic E-state index is 10.4. The lowest BCUT2D eigenvalue weighted by Gasteiger charge is -2.38. The summed E-state index contributed by atoms with van der Waals surface area (Å²) in [4.78, 5) is 0. The van der Waals surface area contributed by atoms with Crippen LogP contribution in [0.5, 0.6) is 0 Å². The lowest BCUT2D eigenvalue weighted by molar-refractivity contribution is -0.0337. The van der Waals surface area contributed by atoms with Gasteiger partial charge < -0.3 is 9.84 Å². The van der Waals surface area contributed by atoms with E-state index in [0.717, 1.165) is 37.9 Å². The van der Waals surface area contributed by atoms with E-state index in [2.05, 4.69) is 13.8 Å². The molecule has 16 heavy (non-hydrogen) atoms. The van der Waals surface area contributed by atoms with Crippen molar-refractivity contribution in [2.75, 3.05) is 13.2 Å². The largest absolute Gasteiger partial charge is 0.393 e. The second-order valence-electron chi connectivity index (χ2n) is 5.97. The molecular weight excluding hydrogens is 200 g/mol. The molecule has 2 nitrogen and oxygen atoms in total. The highest BCUT2D eigenvalue weighted by molar-refractivity contribution is 4.84. The van der Waals surface area contributed by atoms with Gasteiger partial charge >= 0.3 is 0 Å². The first kappa shape index (κ1) is 12.4. The van der Waals surface area contributed by atoms with Crippen molar-refractivity contribution >= 4 is 0 Å². The van der Waals surface area contributed by atoms with Crippen molar-refractivity contribution in [1.29, 1.82) is 0 Å². The Balaban J connectivity index is 1.86. The molecule has 1 heterocycles. The summed E-state index contributed by atoms with van der Waals surface area (Å²) in [5.74, 6) is 2.68. The fraction of sp³-hybridized carbons (Fsp3) is 1.00. The summed E-state index contributed by atoms with van der Waals surface area (Å²) in [5.41, 5.74) is 0. The van der Waals surface area contributed by atoms with Gasteiger partial charge in [-0.2, -0.15) is 0 Å². The van der Waals surface area contributed by atoms with E-state index in [4.69, 9.17) is 4.74 Å². The van der Waals surface area contributed by atoms with Crippen LogP contribution in [0.3, 0.4) is 0 Å². The molecule has 1 aliphatic heterocycles. The van der Waals surface area contributed by atoms with E-state index in [1.807, 2.05) is 0 Å². The molecule has 1 N–H and O–H groups in total. The number of rotatable bonds is 2. The Kier molecular flexibility index (Phi) is 4.26. The average Bonchev–Trinajstić information content (AvgIpc) is 2.33. The third kappa shape index (κ3) is 2.78. The highest BCUT2D eigenvalue weighted by Gasteiger charge is 2.33. The Morgan fingerprint density at radius 1 is 0.938 bits per heavy atom. The van der Waals surface area contributed by atoms with Crippen molar-refractivity contribution in [3.8, 4) is 0 Å². The smallest absolute Gasteiger partial charge is 0.0598 e. The van der Waals surface area contributed by atoms with Crippen LogP contribution in [0.4, 0.5) is 0 Å². The van der Waals surface area contributed by atoms with Gasteiger partial charge in [-0.05, 0) is 49.4 Å². The molecule has 4 unspecified atom stereocenters. The minimum Gasteiger partial charge on any atom is -0.393 e. The summed E-state index contributed by atoms with van der Waals surface area (Å²) in [5, 5.41) is 10.4. The highest BCUT2D eigenvalue weighted by atomic mass is 16.5. The Bertz CT molecular complexity index is 211. The molecule has 94 valence electrons. The van der Waals surface area contributed by atoms with Crippen LogP contribution in [0.1, 0.15) is 46.0 Å². The maximum atomic E-state index is 10.4. The third-order valence-electron chi connectivity index (χ3n) is 4.87. The molecule has 4 atom stereocenters. The van der Waals surface area contributed by atoms with Crippen LogP contribution >= 0.6 is 0 Å². The van der Waals surface area contributed by atoms with Crippen LogP contribution in [-0.2, 0) is 4.74 Å². The molecule has 2 heteroatoms. The van der Waals surface area contributed by atoms with E-state index < -0.39 is 0 Å². The van der Waals surface area contributed by atoms with Gasteiger partial charge in [0.15, 0.2) is 0 Å². The minimum absolute atomic E-state index is 0.0705. The van der Waals surface area contributed by atoms with Gasteiger partial charge in [0.1, 0.15) is 0 Å². The molecule has 2 fully saturated rings. The molecule has 0 amide bonds. The van der Waals surface area contributed by atoms with Gasteiger partial charge in [0, 0.05) is 13.2 Å². The first-order valence-corrected chi connectivity index (χ1v) is 6.94. The van der Waals surface area contributed by atoms with Crippen LogP contribution in [0, 0.1) is 23.7 Å². The van der Waals surface area contributed by atoms with E-state index in [9.17, 15) is 5.11 Å². The van der Waals surface area contributed by atoms with Crippen molar-refractivity contribution in [2.24, 2.45) is 23.7 Å². The second-order valence-corrected chi connectivity index (χ2v) is 5.97. The standard InChI is InChI=1S/C14H26O2/c1-10-3-4-13(9-11(10)2)14(15)12-5-7-16-8-6-12/h10-15H,3-9H2,1-2H3. The van der Waals surface area contributed by atoms with Crippen LogP contribution in [-0.4, -0.2) is 24.4 Å². The zero-order chi connectivity index (χ0) is 11.5. The van der Waals surface area contributed by atoms with Gasteiger partial charge in [-0.15, -0.1) is 0 Å². The molecule has 0 aromatic rings. The SMILES string of the molecule is CC1CCC(C(O)C2CCOCC2)CC1C. The first-order valence-electron chi connectivity index (χ1n) is 6.94. The van der Waals surface area contributed by atoms with Crippen molar-refractivity contribution in [1.82, 2.24) is 0 Å². The normalized spacial score (nSPS) is 39.6. The lowest BCUT2D eigenvalue weighted by Crippen LogP contribution is -2.37. The molecule has 0 aromatic heterocycles. The fourth-order valence-electron chi connectivity index (χ4n) is 3.34. The minimum atomic E-state index is -0.0705. The van der Waals surface area contributed by atoms with Crippen molar-refractivity contribution in [3.63, 3.8) is 0 Å². The topological polar surface area (TPSA) is 29.5 Å². The lowest BCUT2D eigenvalue weighted by atomic mass is 9.71. The molecule has 0 radical (unpaired) electrons. The quantitative estimate of drug-likeness (QED) is 0.784. The zero-order valence-electron chi connectivity index (χ0n) is 10.7. The summed E-state index contributed by atoms with van der Waals surface area (Å²) >= 11 is 0. The highest BCUT2D eigenvalue weighted by Crippen LogP contribution is 2.38. The Hall–Kier alpha value is -0.0800. The Morgan fingerprint density at radius 2 is 1.62 bits per heavy atom. The molecule has 0 aromatic carbocycles. The molecular formula is C14H26O2. The van der Waals surface area contributed by atoms with Crippen molar-refractivity contribution < 1.29 is 9.84 Å². The van der Waals surface area contributed by atoms with E-state index in [-0.39, 0.29) is 6.10 Å².